The third-order valence-corrected chi connectivity index (χ3v) is 4.61. The molecule has 0 N–H and O–H groups in total. The minimum absolute atomic E-state index is 0.0317. The Labute approximate surface area is 138 Å². The molecule has 0 spiro atoms. The third kappa shape index (κ3) is 4.79. The van der Waals surface area contributed by atoms with E-state index in [0.29, 0.717) is 18.1 Å². The number of benzene rings is 1. The Bertz CT molecular complexity index is 517. The number of hydrogen-bond acceptors (Lipinski definition) is 1. The first-order valence-corrected chi connectivity index (χ1v) is 8.94. The third-order valence-electron chi connectivity index (χ3n) is 4.61. The van der Waals surface area contributed by atoms with E-state index in [0.717, 1.165) is 38.5 Å². The van der Waals surface area contributed by atoms with E-state index in [1.807, 2.05) is 6.92 Å². The molecular formula is C20H28F2O. The highest BCUT2D eigenvalue weighted by Crippen LogP contribution is 2.39. The van der Waals surface area contributed by atoms with Gasteiger partial charge in [0.2, 0.25) is 5.82 Å². The summed E-state index contributed by atoms with van der Waals surface area (Å²) in [6.07, 6.45) is 11.6. The lowest BCUT2D eigenvalue weighted by Gasteiger charge is -2.27. The minimum atomic E-state index is -0.832. The Morgan fingerprint density at radius 3 is 2.43 bits per heavy atom. The van der Waals surface area contributed by atoms with Crippen LogP contribution >= 0.6 is 0 Å². The zero-order valence-electron chi connectivity index (χ0n) is 14.3. The number of halogens is 2. The van der Waals surface area contributed by atoms with E-state index in [1.54, 1.807) is 12.1 Å². The second kappa shape index (κ2) is 9.05. The van der Waals surface area contributed by atoms with Crippen LogP contribution in [0.5, 0.6) is 5.75 Å². The van der Waals surface area contributed by atoms with Gasteiger partial charge >= 0.3 is 0 Å². The second-order valence-electron chi connectivity index (χ2n) is 6.46. The summed E-state index contributed by atoms with van der Waals surface area (Å²) in [7, 11) is 0. The second-order valence-corrected chi connectivity index (χ2v) is 6.46. The quantitative estimate of drug-likeness (QED) is 0.529. The molecule has 1 fully saturated rings. The average Bonchev–Trinajstić information content (AvgIpc) is 2.57. The van der Waals surface area contributed by atoms with Crippen molar-refractivity contribution in [3.8, 4) is 5.75 Å². The summed E-state index contributed by atoms with van der Waals surface area (Å²) in [6.45, 7) is 4.52. The van der Waals surface area contributed by atoms with Crippen molar-refractivity contribution in [2.24, 2.45) is 5.92 Å². The van der Waals surface area contributed by atoms with Crippen LogP contribution in [0.3, 0.4) is 0 Å². The molecule has 3 heteroatoms. The summed E-state index contributed by atoms with van der Waals surface area (Å²) in [5.41, 5.74) is 0.516. The zero-order valence-corrected chi connectivity index (χ0v) is 14.3. The number of allylic oxidation sites excluding steroid dienone is 2. The van der Waals surface area contributed by atoms with Gasteiger partial charge in [-0.3, -0.25) is 0 Å². The van der Waals surface area contributed by atoms with Crippen molar-refractivity contribution in [1.82, 2.24) is 0 Å². The van der Waals surface area contributed by atoms with Crippen LogP contribution in [0.25, 0.3) is 0 Å². The first-order valence-electron chi connectivity index (χ1n) is 8.94. The monoisotopic (exact) mass is 322 g/mol. The lowest BCUT2D eigenvalue weighted by Crippen LogP contribution is -2.14. The van der Waals surface area contributed by atoms with Gasteiger partial charge < -0.3 is 4.74 Å². The highest BCUT2D eigenvalue weighted by atomic mass is 19.2. The molecule has 0 heterocycles. The van der Waals surface area contributed by atoms with Crippen molar-refractivity contribution < 1.29 is 13.5 Å². The van der Waals surface area contributed by atoms with Crippen molar-refractivity contribution in [1.29, 1.82) is 0 Å². The number of rotatable bonds is 7. The fourth-order valence-electron chi connectivity index (χ4n) is 3.26. The normalized spacial score (nSPS) is 21.7. The molecule has 128 valence electrons. The number of ether oxygens (including phenoxy) is 1. The summed E-state index contributed by atoms with van der Waals surface area (Å²) in [5, 5.41) is 0. The maximum absolute atomic E-state index is 14.4. The van der Waals surface area contributed by atoms with Gasteiger partial charge in [-0.25, -0.2) is 4.39 Å². The lowest BCUT2D eigenvalue weighted by molar-refractivity contribution is 0.292. The molecule has 0 radical (unpaired) electrons. The van der Waals surface area contributed by atoms with Crippen LogP contribution in [-0.4, -0.2) is 6.61 Å². The Hall–Kier alpha value is -1.38. The van der Waals surface area contributed by atoms with E-state index in [2.05, 4.69) is 19.1 Å². The summed E-state index contributed by atoms with van der Waals surface area (Å²) < 4.78 is 33.7. The van der Waals surface area contributed by atoms with E-state index < -0.39 is 11.6 Å². The number of hydrogen-bond donors (Lipinski definition) is 0. The summed E-state index contributed by atoms with van der Waals surface area (Å²) in [5.74, 6) is -0.799. The molecule has 0 aliphatic heterocycles. The molecule has 1 nitrogen and oxygen atoms in total. The topological polar surface area (TPSA) is 9.23 Å². The molecule has 1 aliphatic rings. The molecule has 0 bridgehead atoms. The Balaban J connectivity index is 1.99. The predicted molar refractivity (Wildman–Crippen MR) is 90.9 cm³/mol. The molecule has 2 rings (SSSR count). The van der Waals surface area contributed by atoms with Crippen LogP contribution < -0.4 is 4.74 Å². The minimum Gasteiger partial charge on any atom is -0.490 e. The molecule has 0 atom stereocenters. The first-order chi connectivity index (χ1) is 11.2. The van der Waals surface area contributed by atoms with Gasteiger partial charge in [-0.05, 0) is 62.0 Å². The van der Waals surface area contributed by atoms with E-state index in [4.69, 9.17) is 4.74 Å². The van der Waals surface area contributed by atoms with Crippen LogP contribution in [0.2, 0.25) is 0 Å². The average molecular weight is 322 g/mol. The van der Waals surface area contributed by atoms with Gasteiger partial charge in [0, 0.05) is 0 Å². The fourth-order valence-corrected chi connectivity index (χ4v) is 3.26. The summed E-state index contributed by atoms with van der Waals surface area (Å²) >= 11 is 0. The van der Waals surface area contributed by atoms with Gasteiger partial charge in [0.05, 0.1) is 6.61 Å². The highest BCUT2D eigenvalue weighted by Gasteiger charge is 2.25. The van der Waals surface area contributed by atoms with E-state index >= 15 is 0 Å². The van der Waals surface area contributed by atoms with Crippen molar-refractivity contribution in [3.05, 3.63) is 41.5 Å². The van der Waals surface area contributed by atoms with Crippen LogP contribution in [0, 0.1) is 17.6 Å². The fraction of sp³-hybridized carbons (Fsp3) is 0.600. The van der Waals surface area contributed by atoms with Crippen LogP contribution in [0.15, 0.2) is 24.3 Å². The molecular weight excluding hydrogens is 294 g/mol. The first kappa shape index (κ1) is 18.0. The van der Waals surface area contributed by atoms with Crippen molar-refractivity contribution >= 4 is 0 Å². The molecule has 0 amide bonds. The molecule has 1 aromatic carbocycles. The van der Waals surface area contributed by atoms with Gasteiger partial charge in [0.15, 0.2) is 11.6 Å². The van der Waals surface area contributed by atoms with E-state index in [-0.39, 0.29) is 11.7 Å². The largest absolute Gasteiger partial charge is 0.490 e. The maximum atomic E-state index is 14.4. The molecule has 1 aromatic rings. The van der Waals surface area contributed by atoms with Gasteiger partial charge in [-0.2, -0.15) is 4.39 Å². The molecule has 0 saturated heterocycles. The van der Waals surface area contributed by atoms with E-state index in [1.165, 1.54) is 6.42 Å². The van der Waals surface area contributed by atoms with Gasteiger partial charge in [0.1, 0.15) is 0 Å². The summed E-state index contributed by atoms with van der Waals surface area (Å²) in [6, 6.07) is 3.29. The Morgan fingerprint density at radius 2 is 1.78 bits per heavy atom. The highest BCUT2D eigenvalue weighted by molar-refractivity contribution is 5.33. The maximum Gasteiger partial charge on any atom is 0.200 e. The zero-order chi connectivity index (χ0) is 16.7. The van der Waals surface area contributed by atoms with Crippen LogP contribution in [0.1, 0.15) is 70.3 Å². The van der Waals surface area contributed by atoms with Crippen molar-refractivity contribution in [2.75, 3.05) is 6.61 Å². The van der Waals surface area contributed by atoms with E-state index in [9.17, 15) is 8.78 Å². The van der Waals surface area contributed by atoms with Crippen molar-refractivity contribution in [2.45, 2.75) is 64.7 Å². The van der Waals surface area contributed by atoms with Gasteiger partial charge in [0.25, 0.3) is 0 Å². The molecule has 0 unspecified atom stereocenters. The predicted octanol–water partition coefficient (Wildman–Crippen LogP) is 6.38. The molecule has 0 aromatic heterocycles. The Morgan fingerprint density at radius 1 is 1.04 bits per heavy atom. The lowest BCUT2D eigenvalue weighted by atomic mass is 9.78. The standard InChI is InChI=1S/C20H28F2O/c1-3-5-6-7-15-8-10-16(11-9-15)17-12-13-18(23-14-4-2)20(22)19(17)21/h6-7,12-13,15-16H,3-5,8-11,14H2,1-2H3/b7-6+. The molecule has 23 heavy (non-hydrogen) atoms. The molecule has 1 saturated carbocycles. The van der Waals surface area contributed by atoms with Crippen molar-refractivity contribution in [3.63, 3.8) is 0 Å². The number of unbranched alkanes of at least 4 members (excludes halogenated alkanes) is 1. The smallest absolute Gasteiger partial charge is 0.200 e. The van der Waals surface area contributed by atoms with Gasteiger partial charge in [-0.1, -0.05) is 38.5 Å². The van der Waals surface area contributed by atoms with Crippen LogP contribution in [-0.2, 0) is 0 Å². The molecule has 1 aliphatic carbocycles. The van der Waals surface area contributed by atoms with Crippen LogP contribution in [0.4, 0.5) is 8.78 Å². The summed E-state index contributed by atoms with van der Waals surface area (Å²) in [4.78, 5) is 0. The Kier molecular flexibility index (Phi) is 7.07. The SMILES string of the molecule is CCC/C=C/C1CCC(c2ccc(OCCC)c(F)c2F)CC1. The van der Waals surface area contributed by atoms with Gasteiger partial charge in [-0.15, -0.1) is 0 Å².